The second kappa shape index (κ2) is 10.6. The van der Waals surface area contributed by atoms with E-state index in [0.29, 0.717) is 59.8 Å². The number of piperidine rings is 1. The van der Waals surface area contributed by atoms with E-state index >= 15 is 0 Å². The topological polar surface area (TPSA) is 119 Å². The van der Waals surface area contributed by atoms with Crippen LogP contribution in [0.15, 0.2) is 66.4 Å². The van der Waals surface area contributed by atoms with Crippen molar-refractivity contribution < 1.29 is 14.3 Å². The zero-order chi connectivity index (χ0) is 26.6. The highest BCUT2D eigenvalue weighted by atomic mass is 16.5. The van der Waals surface area contributed by atoms with Gasteiger partial charge in [-0.3, -0.25) is 14.6 Å². The fraction of sp³-hybridized carbons (Fsp3) is 0.233. The van der Waals surface area contributed by atoms with Crippen molar-refractivity contribution in [3.63, 3.8) is 0 Å². The van der Waals surface area contributed by atoms with Crippen molar-refractivity contribution in [1.29, 1.82) is 10.5 Å². The van der Waals surface area contributed by atoms with Crippen molar-refractivity contribution in [2.45, 2.75) is 18.8 Å². The van der Waals surface area contributed by atoms with Crippen LogP contribution in [-0.2, 0) is 9.59 Å². The second-order valence-electron chi connectivity index (χ2n) is 9.20. The van der Waals surface area contributed by atoms with Crippen LogP contribution in [0.3, 0.4) is 0 Å². The lowest BCUT2D eigenvalue weighted by atomic mass is 9.92. The molecule has 8 heteroatoms. The van der Waals surface area contributed by atoms with Gasteiger partial charge in [0.2, 0.25) is 5.78 Å². The molecule has 3 aromatic rings. The smallest absolute Gasteiger partial charge is 0.290 e. The predicted octanol–water partition coefficient (Wildman–Crippen LogP) is 4.31. The second-order valence-corrected chi connectivity index (χ2v) is 9.20. The van der Waals surface area contributed by atoms with Gasteiger partial charge in [0.05, 0.1) is 53.9 Å². The number of Topliss-reactive ketones (excluding diaryl/α,β-unsaturated/α-hetero) is 1. The Bertz CT molecular complexity index is 1500. The summed E-state index contributed by atoms with van der Waals surface area (Å²) >= 11 is 0. The van der Waals surface area contributed by atoms with Gasteiger partial charge < -0.3 is 15.0 Å². The number of nitrogens with zero attached hydrogens (tertiary/aromatic N) is 4. The first-order chi connectivity index (χ1) is 18.5. The number of rotatable bonds is 5. The van der Waals surface area contributed by atoms with Crippen molar-refractivity contribution in [1.82, 2.24) is 9.88 Å². The normalized spacial score (nSPS) is 16.0. The van der Waals surface area contributed by atoms with Crippen LogP contribution in [0.2, 0.25) is 0 Å². The number of carbonyl (C=O) groups excluding carboxylic acids is 2. The largest absolute Gasteiger partial charge is 0.495 e. The van der Waals surface area contributed by atoms with E-state index in [4.69, 9.17) is 10.00 Å². The zero-order valence-electron chi connectivity index (χ0n) is 20.9. The number of ketones is 1. The van der Waals surface area contributed by atoms with Gasteiger partial charge in [-0.25, -0.2) is 0 Å². The van der Waals surface area contributed by atoms with Gasteiger partial charge in [-0.1, -0.05) is 42.5 Å². The summed E-state index contributed by atoms with van der Waals surface area (Å²) in [6, 6.07) is 21.0. The minimum Gasteiger partial charge on any atom is -0.495 e. The van der Waals surface area contributed by atoms with E-state index in [1.54, 1.807) is 35.4 Å². The van der Waals surface area contributed by atoms with Gasteiger partial charge in [-0.05, 0) is 36.1 Å². The number of aromatic nitrogens is 1. The molecule has 0 bridgehead atoms. The average molecular weight is 504 g/mol. The number of methoxy groups -OCH3 is 1. The van der Waals surface area contributed by atoms with Crippen LogP contribution in [-0.4, -0.2) is 48.3 Å². The first-order valence-electron chi connectivity index (χ1n) is 12.4. The summed E-state index contributed by atoms with van der Waals surface area (Å²) in [5, 5.41) is 22.1. The number of allylic oxidation sites excluding steroid dienone is 1. The number of ether oxygens (including phenoxy) is 1. The number of nitrogens with one attached hydrogen (secondary N) is 1. The summed E-state index contributed by atoms with van der Waals surface area (Å²) in [7, 11) is 1.51. The summed E-state index contributed by atoms with van der Waals surface area (Å²) in [5.74, 6) is -1.29. The third-order valence-electron chi connectivity index (χ3n) is 7.13. The van der Waals surface area contributed by atoms with Crippen molar-refractivity contribution >= 4 is 23.0 Å². The number of hydrogen-bond donors (Lipinski definition) is 1. The molecule has 1 atom stereocenters. The number of nitriles is 2. The highest BCUT2D eigenvalue weighted by molar-refractivity contribution is 6.38. The summed E-state index contributed by atoms with van der Waals surface area (Å²) in [6.45, 7) is 1.03. The molecule has 3 heterocycles. The Morgan fingerprint density at radius 3 is 2.39 bits per heavy atom. The molecule has 188 valence electrons. The Morgan fingerprint density at radius 2 is 1.76 bits per heavy atom. The lowest BCUT2D eigenvalue weighted by Gasteiger charge is -2.29. The summed E-state index contributed by atoms with van der Waals surface area (Å²) < 4.78 is 5.53. The first kappa shape index (κ1) is 24.7. The molecule has 8 nitrogen and oxygen atoms in total. The van der Waals surface area contributed by atoms with Gasteiger partial charge in [-0.2, -0.15) is 10.5 Å². The highest BCUT2D eigenvalue weighted by Crippen LogP contribution is 2.44. The predicted molar refractivity (Wildman–Crippen MR) is 142 cm³/mol. The minimum absolute atomic E-state index is 0.261. The third kappa shape index (κ3) is 4.49. The molecule has 0 radical (unpaired) electrons. The molecule has 0 spiro atoms. The summed E-state index contributed by atoms with van der Waals surface area (Å²) in [4.78, 5) is 32.9. The average Bonchev–Trinajstić information content (AvgIpc) is 3.43. The van der Waals surface area contributed by atoms with Crippen LogP contribution < -0.4 is 10.1 Å². The maximum Gasteiger partial charge on any atom is 0.290 e. The molecule has 0 saturated carbocycles. The van der Waals surface area contributed by atoms with E-state index in [1.807, 2.05) is 30.3 Å². The Kier molecular flexibility index (Phi) is 6.88. The van der Waals surface area contributed by atoms with Gasteiger partial charge >= 0.3 is 0 Å². The maximum absolute atomic E-state index is 13.5. The Balaban J connectivity index is 1.37. The minimum atomic E-state index is -0.705. The zero-order valence-corrected chi connectivity index (χ0v) is 20.9. The van der Waals surface area contributed by atoms with E-state index in [2.05, 4.69) is 22.4 Å². The molecule has 0 aliphatic carbocycles. The molecule has 38 heavy (non-hydrogen) atoms. The van der Waals surface area contributed by atoms with E-state index in [9.17, 15) is 14.9 Å². The monoisotopic (exact) mass is 503 g/mol. The number of fused-ring (bicyclic) bond motifs is 1. The number of likely N-dealkylation sites (tertiary alicyclic amines) is 1. The molecule has 1 amide bonds. The van der Waals surface area contributed by atoms with Crippen molar-refractivity contribution in [3.05, 3.63) is 83.1 Å². The molecule has 1 aromatic heterocycles. The molecule has 2 aliphatic rings. The van der Waals surface area contributed by atoms with Gasteiger partial charge in [-0.15, -0.1) is 0 Å². The van der Waals surface area contributed by atoms with E-state index in [0.717, 1.165) is 16.7 Å². The van der Waals surface area contributed by atoms with Crippen LogP contribution in [0, 0.1) is 22.7 Å². The highest BCUT2D eigenvalue weighted by Gasteiger charge is 2.39. The lowest BCUT2D eigenvalue weighted by molar-refractivity contribution is -0.145. The number of benzene rings is 2. The lowest BCUT2D eigenvalue weighted by Crippen LogP contribution is -2.42. The Labute approximate surface area is 220 Å². The van der Waals surface area contributed by atoms with Gasteiger partial charge in [0.25, 0.3) is 5.91 Å². The molecule has 5 rings (SSSR count). The molecule has 2 aliphatic heterocycles. The van der Waals surface area contributed by atoms with Gasteiger partial charge in [0.15, 0.2) is 0 Å². The van der Waals surface area contributed by atoms with E-state index in [-0.39, 0.29) is 6.54 Å². The number of hydrogen-bond acceptors (Lipinski definition) is 7. The SMILES string of the molecule is COc1cnc(-c2ccc(C#N)cc2)c2c1C(C(=O)C(=O)N1CCC(=C(C#N)c3ccccc3)CC1)CN2. The molecule has 1 unspecified atom stereocenters. The number of carbonyl (C=O) groups is 2. The third-order valence-corrected chi connectivity index (χ3v) is 7.13. The maximum atomic E-state index is 13.5. The van der Waals surface area contributed by atoms with Crippen molar-refractivity contribution in [2.24, 2.45) is 0 Å². The van der Waals surface area contributed by atoms with Gasteiger partial charge in [0, 0.05) is 30.8 Å². The van der Waals surface area contributed by atoms with E-state index < -0.39 is 17.6 Å². The fourth-order valence-electron chi connectivity index (χ4n) is 5.13. The quantitative estimate of drug-likeness (QED) is 0.407. The summed E-state index contributed by atoms with van der Waals surface area (Å²) in [6.07, 6.45) is 2.66. The van der Waals surface area contributed by atoms with Crippen LogP contribution in [0.1, 0.15) is 35.4 Å². The van der Waals surface area contributed by atoms with Crippen LogP contribution in [0.4, 0.5) is 5.69 Å². The first-order valence-corrected chi connectivity index (χ1v) is 12.4. The number of pyridine rings is 1. The van der Waals surface area contributed by atoms with Crippen molar-refractivity contribution in [3.8, 4) is 29.1 Å². The number of anilines is 1. The standard InChI is InChI=1S/C30H25N5O3/c1-38-25-18-34-27(22-9-7-19(15-31)8-10-22)28-26(25)24(17-33-28)29(36)30(37)35-13-11-21(12-14-35)23(16-32)20-5-3-2-4-6-20/h2-10,18,24,33H,11-14,17H2,1H3. The van der Waals surface area contributed by atoms with Crippen LogP contribution in [0.5, 0.6) is 5.75 Å². The summed E-state index contributed by atoms with van der Waals surface area (Å²) in [5.41, 5.74) is 5.75. The molecule has 1 N–H and O–H groups in total. The fourth-order valence-corrected chi connectivity index (χ4v) is 5.13. The Hall–Kier alpha value is -4.95. The Morgan fingerprint density at radius 1 is 1.05 bits per heavy atom. The van der Waals surface area contributed by atoms with Gasteiger partial charge in [0.1, 0.15) is 5.75 Å². The number of amides is 1. The molecular weight excluding hydrogens is 478 g/mol. The van der Waals surface area contributed by atoms with Crippen molar-refractivity contribution in [2.75, 3.05) is 32.1 Å². The molecular formula is C30H25N5O3. The van der Waals surface area contributed by atoms with Crippen LogP contribution >= 0.6 is 0 Å². The van der Waals surface area contributed by atoms with E-state index in [1.165, 1.54) is 7.11 Å². The van der Waals surface area contributed by atoms with Crippen LogP contribution in [0.25, 0.3) is 16.8 Å². The molecule has 1 saturated heterocycles. The molecule has 1 fully saturated rings. The molecule has 2 aromatic carbocycles.